The Balaban J connectivity index is 1.92. The molecule has 5 heteroatoms. The molecule has 2 aromatic carbocycles. The fourth-order valence-electron chi connectivity index (χ4n) is 2.57. The van der Waals surface area contributed by atoms with Gasteiger partial charge in [-0.3, -0.25) is 4.79 Å². The van der Waals surface area contributed by atoms with E-state index in [1.165, 1.54) is 0 Å². The number of hydrogen-bond acceptors (Lipinski definition) is 5. The van der Waals surface area contributed by atoms with Crippen molar-refractivity contribution in [3.05, 3.63) is 60.2 Å². The van der Waals surface area contributed by atoms with Gasteiger partial charge in [-0.15, -0.1) is 0 Å². The molecule has 1 unspecified atom stereocenters. The molecule has 1 atom stereocenters. The number of hydrogen-bond donors (Lipinski definition) is 1. The molecule has 0 saturated heterocycles. The molecule has 0 aliphatic carbocycles. The first-order valence-electron chi connectivity index (χ1n) is 8.90. The zero-order chi connectivity index (χ0) is 18.6. The average Bonchev–Trinajstić information content (AvgIpc) is 2.67. The van der Waals surface area contributed by atoms with Gasteiger partial charge in [-0.1, -0.05) is 30.3 Å². The summed E-state index contributed by atoms with van der Waals surface area (Å²) in [5, 5.41) is 8.79. The molecule has 0 aliphatic rings. The van der Waals surface area contributed by atoms with E-state index in [4.69, 9.17) is 19.3 Å². The molecule has 0 fully saturated rings. The second kappa shape index (κ2) is 11.2. The van der Waals surface area contributed by atoms with Crippen molar-refractivity contribution < 1.29 is 24.1 Å². The lowest BCUT2D eigenvalue weighted by Gasteiger charge is -2.16. The van der Waals surface area contributed by atoms with Gasteiger partial charge in [0.1, 0.15) is 18.1 Å². The second-order valence-corrected chi connectivity index (χ2v) is 5.82. The summed E-state index contributed by atoms with van der Waals surface area (Å²) in [6.45, 7) is 2.87. The van der Waals surface area contributed by atoms with Crippen LogP contribution in [0.3, 0.4) is 0 Å². The maximum atomic E-state index is 12.3. The Bertz CT molecular complexity index is 639. The van der Waals surface area contributed by atoms with Crippen LogP contribution in [0.4, 0.5) is 0 Å². The molecule has 0 amide bonds. The predicted molar refractivity (Wildman–Crippen MR) is 99.4 cm³/mol. The van der Waals surface area contributed by atoms with Crippen molar-refractivity contribution in [2.45, 2.75) is 19.8 Å². The molecule has 26 heavy (non-hydrogen) atoms. The number of esters is 1. The quantitative estimate of drug-likeness (QED) is 0.625. The van der Waals surface area contributed by atoms with Crippen LogP contribution in [0.1, 0.15) is 18.9 Å². The van der Waals surface area contributed by atoms with E-state index in [0.29, 0.717) is 31.8 Å². The van der Waals surface area contributed by atoms with Crippen molar-refractivity contribution in [1.29, 1.82) is 0 Å². The fourth-order valence-corrected chi connectivity index (χ4v) is 2.57. The number of para-hydroxylation sites is 1. The number of aliphatic hydroxyl groups is 1. The molecule has 0 bridgehead atoms. The first-order valence-corrected chi connectivity index (χ1v) is 8.90. The Labute approximate surface area is 154 Å². The second-order valence-electron chi connectivity index (χ2n) is 5.82. The van der Waals surface area contributed by atoms with Gasteiger partial charge in [0, 0.05) is 0 Å². The van der Waals surface area contributed by atoms with Crippen molar-refractivity contribution in [2.75, 3.05) is 26.4 Å². The normalized spacial score (nSPS) is 11.6. The Morgan fingerprint density at radius 1 is 0.962 bits per heavy atom. The molecule has 1 N–H and O–H groups in total. The third kappa shape index (κ3) is 6.76. The number of rotatable bonds is 11. The minimum Gasteiger partial charge on any atom is -0.494 e. The van der Waals surface area contributed by atoms with Gasteiger partial charge in [0.05, 0.1) is 25.7 Å². The van der Waals surface area contributed by atoms with Crippen molar-refractivity contribution in [3.8, 4) is 11.5 Å². The van der Waals surface area contributed by atoms with Crippen molar-refractivity contribution in [2.24, 2.45) is 5.92 Å². The molecular formula is C21H26O5. The summed E-state index contributed by atoms with van der Waals surface area (Å²) in [6.07, 6.45) is 1.16. The highest BCUT2D eigenvalue weighted by molar-refractivity contribution is 5.72. The third-order valence-corrected chi connectivity index (χ3v) is 3.86. The van der Waals surface area contributed by atoms with E-state index in [-0.39, 0.29) is 25.1 Å². The van der Waals surface area contributed by atoms with Crippen molar-refractivity contribution in [1.82, 2.24) is 0 Å². The van der Waals surface area contributed by atoms with Gasteiger partial charge in [-0.25, -0.2) is 0 Å². The van der Waals surface area contributed by atoms with E-state index in [2.05, 4.69) is 0 Å². The molecule has 0 heterocycles. The van der Waals surface area contributed by atoms with Gasteiger partial charge >= 0.3 is 5.97 Å². The molecule has 140 valence electrons. The number of ether oxygens (including phenoxy) is 3. The van der Waals surface area contributed by atoms with Gasteiger partial charge in [-0.2, -0.15) is 0 Å². The van der Waals surface area contributed by atoms with Crippen LogP contribution in [0, 0.1) is 5.92 Å². The number of carbonyl (C=O) groups is 1. The molecular weight excluding hydrogens is 332 g/mol. The lowest BCUT2D eigenvalue weighted by atomic mass is 9.96. The summed E-state index contributed by atoms with van der Waals surface area (Å²) in [4.78, 5) is 12.3. The monoisotopic (exact) mass is 358 g/mol. The summed E-state index contributed by atoms with van der Waals surface area (Å²) < 4.78 is 16.3. The van der Waals surface area contributed by atoms with Crippen LogP contribution in [0.25, 0.3) is 0 Å². The Morgan fingerprint density at radius 2 is 1.62 bits per heavy atom. The topological polar surface area (TPSA) is 65.0 Å². The molecule has 0 saturated carbocycles. The van der Waals surface area contributed by atoms with Crippen LogP contribution < -0.4 is 9.47 Å². The Morgan fingerprint density at radius 3 is 2.27 bits per heavy atom. The molecule has 0 radical (unpaired) electrons. The van der Waals surface area contributed by atoms with Gasteiger partial charge in [0.2, 0.25) is 0 Å². The van der Waals surface area contributed by atoms with Gasteiger partial charge < -0.3 is 19.3 Å². The van der Waals surface area contributed by atoms with Crippen molar-refractivity contribution >= 4 is 5.97 Å². The summed E-state index contributed by atoms with van der Waals surface area (Å²) in [5.74, 6) is 1.02. The Hall–Kier alpha value is -2.53. The molecule has 0 spiro atoms. The molecule has 0 aliphatic heterocycles. The molecule has 5 nitrogen and oxygen atoms in total. The van der Waals surface area contributed by atoms with Gasteiger partial charge in [0.15, 0.2) is 0 Å². The minimum atomic E-state index is -0.261. The highest BCUT2D eigenvalue weighted by atomic mass is 16.5. The zero-order valence-electron chi connectivity index (χ0n) is 15.1. The first-order chi connectivity index (χ1) is 12.7. The van der Waals surface area contributed by atoms with E-state index in [1.807, 2.05) is 61.5 Å². The van der Waals surface area contributed by atoms with E-state index in [9.17, 15) is 4.79 Å². The Kier molecular flexibility index (Phi) is 8.49. The molecule has 0 aromatic heterocycles. The first kappa shape index (κ1) is 19.8. The van der Waals surface area contributed by atoms with Crippen LogP contribution >= 0.6 is 0 Å². The maximum Gasteiger partial charge on any atom is 0.309 e. The van der Waals surface area contributed by atoms with Crippen LogP contribution in [0.5, 0.6) is 11.5 Å². The smallest absolute Gasteiger partial charge is 0.309 e. The van der Waals surface area contributed by atoms with Gasteiger partial charge in [0.25, 0.3) is 0 Å². The summed E-state index contributed by atoms with van der Waals surface area (Å²) in [7, 11) is 0. The maximum absolute atomic E-state index is 12.3. The van der Waals surface area contributed by atoms with Crippen molar-refractivity contribution in [3.63, 3.8) is 0 Å². The molecule has 2 aromatic rings. The average molecular weight is 358 g/mol. The largest absolute Gasteiger partial charge is 0.494 e. The summed E-state index contributed by atoms with van der Waals surface area (Å²) in [5.41, 5.74) is 1.03. The van der Waals surface area contributed by atoms with Crippen LogP contribution in [0.15, 0.2) is 54.6 Å². The van der Waals surface area contributed by atoms with E-state index in [0.717, 1.165) is 11.3 Å². The highest BCUT2D eigenvalue weighted by Gasteiger charge is 2.20. The van der Waals surface area contributed by atoms with E-state index < -0.39 is 0 Å². The fraction of sp³-hybridized carbons (Fsp3) is 0.381. The SMILES string of the molecule is CCOC(=O)C(CCOc1ccccc1)Cc1ccc(OCCO)cc1. The minimum absolute atomic E-state index is 0.0197. The van der Waals surface area contributed by atoms with Crippen LogP contribution in [-0.2, 0) is 16.0 Å². The number of aliphatic hydroxyl groups excluding tert-OH is 1. The van der Waals surface area contributed by atoms with Gasteiger partial charge in [-0.05, 0) is 49.6 Å². The zero-order valence-corrected chi connectivity index (χ0v) is 15.1. The van der Waals surface area contributed by atoms with Crippen LogP contribution in [-0.4, -0.2) is 37.5 Å². The predicted octanol–water partition coefficient (Wildman–Crippen LogP) is 3.25. The number of benzene rings is 2. The van der Waals surface area contributed by atoms with E-state index >= 15 is 0 Å². The lowest BCUT2D eigenvalue weighted by molar-refractivity contribution is -0.148. The summed E-state index contributed by atoms with van der Waals surface area (Å²) >= 11 is 0. The van der Waals surface area contributed by atoms with E-state index in [1.54, 1.807) is 0 Å². The lowest BCUT2D eigenvalue weighted by Crippen LogP contribution is -2.22. The number of carbonyl (C=O) groups excluding carboxylic acids is 1. The highest BCUT2D eigenvalue weighted by Crippen LogP contribution is 2.19. The third-order valence-electron chi connectivity index (χ3n) is 3.86. The van der Waals surface area contributed by atoms with Crippen LogP contribution in [0.2, 0.25) is 0 Å². The molecule has 2 rings (SSSR count). The standard InChI is InChI=1S/C21H26O5/c1-2-24-21(23)18(12-14-25-19-6-4-3-5-7-19)16-17-8-10-20(11-9-17)26-15-13-22/h3-11,18,22H,2,12-16H2,1H3. The summed E-state index contributed by atoms with van der Waals surface area (Å²) in [6, 6.07) is 17.1.